The third-order valence-electron chi connectivity index (χ3n) is 2.15. The quantitative estimate of drug-likeness (QED) is 0.545. The van der Waals surface area contributed by atoms with E-state index in [1.807, 2.05) is 18.2 Å². The average Bonchev–Trinajstić information content (AvgIpc) is 2.60. The molecule has 74 valence electrons. The van der Waals surface area contributed by atoms with Gasteiger partial charge in [0.15, 0.2) is 5.09 Å². The fraction of sp³-hybridized carbons (Fsp3) is 0.333. The fourth-order valence-electron chi connectivity index (χ4n) is 1.35. The van der Waals surface area contributed by atoms with E-state index in [2.05, 4.69) is 19.1 Å². The van der Waals surface area contributed by atoms with Crippen LogP contribution >= 0.6 is 11.8 Å². The lowest BCUT2D eigenvalue weighted by Crippen LogP contribution is -1.74. The number of unbranched alkanes of at least 4 members (excludes halogenated alkanes) is 1. The van der Waals surface area contributed by atoms with Crippen LogP contribution in [0.4, 0.5) is 0 Å². The molecule has 0 unspecified atom stereocenters. The molecular weight excluding hydrogens is 192 g/mol. The van der Waals surface area contributed by atoms with Crippen LogP contribution in [0.1, 0.15) is 19.8 Å². The Morgan fingerprint density at radius 3 is 2.93 bits per heavy atom. The zero-order valence-corrected chi connectivity index (χ0v) is 9.14. The molecule has 0 saturated heterocycles. The van der Waals surface area contributed by atoms with Gasteiger partial charge in [-0.2, -0.15) is 0 Å². The molecule has 0 fully saturated rings. The summed E-state index contributed by atoms with van der Waals surface area (Å²) in [5.41, 5.74) is 0.992. The van der Waals surface area contributed by atoms with E-state index in [1.165, 1.54) is 18.2 Å². The Kier molecular flexibility index (Phi) is 3.14. The number of hydrogen-bond acceptors (Lipinski definition) is 2. The number of thioether (sulfide) groups is 1. The highest BCUT2D eigenvalue weighted by Crippen LogP contribution is 2.27. The standard InChI is InChI=1S/C12H14OS/c1-2-3-8-14-12-9-10-6-4-5-7-11(10)13-12/h4-7,9H,2-3,8H2,1H3. The molecule has 2 heteroatoms. The van der Waals surface area contributed by atoms with Crippen LogP contribution in [0.3, 0.4) is 0 Å². The van der Waals surface area contributed by atoms with Gasteiger partial charge in [-0.05, 0) is 18.6 Å². The Morgan fingerprint density at radius 2 is 2.14 bits per heavy atom. The second kappa shape index (κ2) is 4.56. The van der Waals surface area contributed by atoms with Gasteiger partial charge >= 0.3 is 0 Å². The van der Waals surface area contributed by atoms with Crippen LogP contribution in [0.25, 0.3) is 11.0 Å². The first-order valence-electron chi connectivity index (χ1n) is 5.01. The molecule has 2 rings (SSSR count). The van der Waals surface area contributed by atoms with Crippen molar-refractivity contribution in [1.29, 1.82) is 0 Å². The number of benzene rings is 1. The lowest BCUT2D eigenvalue weighted by molar-refractivity contribution is 0.515. The second-order valence-corrected chi connectivity index (χ2v) is 4.40. The van der Waals surface area contributed by atoms with E-state index in [9.17, 15) is 0 Å². The average molecular weight is 206 g/mol. The number of para-hydroxylation sites is 1. The molecule has 1 aromatic carbocycles. The van der Waals surface area contributed by atoms with Crippen molar-refractivity contribution in [3.63, 3.8) is 0 Å². The maximum Gasteiger partial charge on any atom is 0.161 e. The molecule has 14 heavy (non-hydrogen) atoms. The van der Waals surface area contributed by atoms with Crippen LogP contribution in [0, 0.1) is 0 Å². The van der Waals surface area contributed by atoms with Gasteiger partial charge in [-0.3, -0.25) is 0 Å². The van der Waals surface area contributed by atoms with Crippen molar-refractivity contribution >= 4 is 22.7 Å². The Morgan fingerprint density at radius 1 is 1.29 bits per heavy atom. The molecule has 2 aromatic rings. The van der Waals surface area contributed by atoms with Crippen molar-refractivity contribution in [3.05, 3.63) is 30.3 Å². The van der Waals surface area contributed by atoms with Gasteiger partial charge in [-0.1, -0.05) is 43.3 Å². The highest BCUT2D eigenvalue weighted by molar-refractivity contribution is 7.99. The van der Waals surface area contributed by atoms with Crippen molar-refractivity contribution in [3.8, 4) is 0 Å². The highest BCUT2D eigenvalue weighted by atomic mass is 32.2. The molecule has 0 amide bonds. The Balaban J connectivity index is 2.11. The van der Waals surface area contributed by atoms with E-state index >= 15 is 0 Å². The van der Waals surface area contributed by atoms with Gasteiger partial charge in [0.25, 0.3) is 0 Å². The maximum absolute atomic E-state index is 5.68. The third-order valence-corrected chi connectivity index (χ3v) is 3.12. The molecule has 1 heterocycles. The molecule has 0 aliphatic carbocycles. The zero-order valence-electron chi connectivity index (χ0n) is 8.32. The molecule has 0 saturated carbocycles. The second-order valence-electron chi connectivity index (χ2n) is 3.31. The van der Waals surface area contributed by atoms with Crippen molar-refractivity contribution in [2.45, 2.75) is 24.9 Å². The largest absolute Gasteiger partial charge is 0.450 e. The number of furan rings is 1. The van der Waals surface area contributed by atoms with Gasteiger partial charge in [0, 0.05) is 11.1 Å². The lowest BCUT2D eigenvalue weighted by Gasteiger charge is -1.93. The molecular formula is C12H14OS. The summed E-state index contributed by atoms with van der Waals surface area (Å²) in [6.45, 7) is 2.21. The van der Waals surface area contributed by atoms with E-state index < -0.39 is 0 Å². The van der Waals surface area contributed by atoms with Gasteiger partial charge < -0.3 is 4.42 Å². The van der Waals surface area contributed by atoms with E-state index in [0.29, 0.717) is 0 Å². The van der Waals surface area contributed by atoms with Crippen molar-refractivity contribution in [1.82, 2.24) is 0 Å². The smallest absolute Gasteiger partial charge is 0.161 e. The van der Waals surface area contributed by atoms with Crippen LogP contribution < -0.4 is 0 Å². The minimum atomic E-state index is 0.992. The summed E-state index contributed by atoms with van der Waals surface area (Å²) in [5, 5.41) is 2.24. The van der Waals surface area contributed by atoms with E-state index in [1.54, 1.807) is 11.8 Å². The zero-order chi connectivity index (χ0) is 9.80. The summed E-state index contributed by atoms with van der Waals surface area (Å²) in [6.07, 6.45) is 2.49. The predicted octanol–water partition coefficient (Wildman–Crippen LogP) is 4.33. The number of hydrogen-bond donors (Lipinski definition) is 0. The van der Waals surface area contributed by atoms with Gasteiger partial charge in [-0.15, -0.1) is 0 Å². The van der Waals surface area contributed by atoms with Crippen molar-refractivity contribution in [2.24, 2.45) is 0 Å². The van der Waals surface area contributed by atoms with Crippen LogP contribution in [-0.2, 0) is 0 Å². The summed E-state index contributed by atoms with van der Waals surface area (Å²) >= 11 is 1.80. The predicted molar refractivity (Wildman–Crippen MR) is 61.8 cm³/mol. The molecule has 0 N–H and O–H groups in total. The number of rotatable bonds is 4. The maximum atomic E-state index is 5.68. The Hall–Kier alpha value is -0.890. The SMILES string of the molecule is CCCCSc1cc2ccccc2o1. The van der Waals surface area contributed by atoms with E-state index in [-0.39, 0.29) is 0 Å². The summed E-state index contributed by atoms with van der Waals surface area (Å²) in [6, 6.07) is 10.3. The fourth-order valence-corrected chi connectivity index (χ4v) is 2.34. The minimum Gasteiger partial charge on any atom is -0.450 e. The topological polar surface area (TPSA) is 13.1 Å². The first kappa shape index (κ1) is 9.66. The van der Waals surface area contributed by atoms with Gasteiger partial charge in [0.05, 0.1) is 0 Å². The minimum absolute atomic E-state index is 0.992. The third kappa shape index (κ3) is 2.13. The summed E-state index contributed by atoms with van der Waals surface area (Å²) in [7, 11) is 0. The van der Waals surface area contributed by atoms with E-state index in [0.717, 1.165) is 16.4 Å². The van der Waals surface area contributed by atoms with E-state index in [4.69, 9.17) is 4.42 Å². The van der Waals surface area contributed by atoms with Crippen molar-refractivity contribution in [2.75, 3.05) is 5.75 Å². The lowest BCUT2D eigenvalue weighted by atomic mass is 10.3. The van der Waals surface area contributed by atoms with Crippen LogP contribution in [0.15, 0.2) is 39.8 Å². The van der Waals surface area contributed by atoms with Crippen LogP contribution in [-0.4, -0.2) is 5.75 Å². The monoisotopic (exact) mass is 206 g/mol. The first-order chi connectivity index (χ1) is 6.90. The molecule has 0 aliphatic rings. The molecule has 1 aromatic heterocycles. The highest BCUT2D eigenvalue weighted by Gasteiger charge is 2.02. The summed E-state index contributed by atoms with van der Waals surface area (Å²) < 4.78 is 5.68. The van der Waals surface area contributed by atoms with Crippen LogP contribution in [0.2, 0.25) is 0 Å². The van der Waals surface area contributed by atoms with Gasteiger partial charge in [-0.25, -0.2) is 0 Å². The molecule has 0 radical (unpaired) electrons. The molecule has 0 atom stereocenters. The van der Waals surface area contributed by atoms with Crippen molar-refractivity contribution < 1.29 is 4.42 Å². The molecule has 1 nitrogen and oxygen atoms in total. The Labute approximate surface area is 88.5 Å². The molecule has 0 aliphatic heterocycles. The molecule has 0 bridgehead atoms. The summed E-state index contributed by atoms with van der Waals surface area (Å²) in [4.78, 5) is 0. The summed E-state index contributed by atoms with van der Waals surface area (Å²) in [5.74, 6) is 1.15. The first-order valence-corrected chi connectivity index (χ1v) is 6.00. The van der Waals surface area contributed by atoms with Gasteiger partial charge in [0.2, 0.25) is 0 Å². The normalized spacial score (nSPS) is 10.9. The van der Waals surface area contributed by atoms with Gasteiger partial charge in [0.1, 0.15) is 5.58 Å². The van der Waals surface area contributed by atoms with Crippen LogP contribution in [0.5, 0.6) is 0 Å². The molecule has 0 spiro atoms. The number of fused-ring (bicyclic) bond motifs is 1. The Bertz CT molecular complexity index is 372.